The summed E-state index contributed by atoms with van der Waals surface area (Å²) in [5, 5.41) is 15.8. The van der Waals surface area contributed by atoms with Crippen molar-refractivity contribution >= 4 is 22.5 Å². The van der Waals surface area contributed by atoms with Crippen LogP contribution < -0.4 is 5.32 Å². The molecule has 0 radical (unpaired) electrons. The van der Waals surface area contributed by atoms with E-state index in [2.05, 4.69) is 10.3 Å². The van der Waals surface area contributed by atoms with E-state index < -0.39 is 6.10 Å². The van der Waals surface area contributed by atoms with Crippen molar-refractivity contribution in [2.24, 2.45) is 0 Å². The highest BCUT2D eigenvalue weighted by molar-refractivity contribution is 7.13. The maximum absolute atomic E-state index is 12.5. The van der Waals surface area contributed by atoms with Gasteiger partial charge in [0.25, 0.3) is 0 Å². The fourth-order valence-corrected chi connectivity index (χ4v) is 3.67. The third-order valence-corrected chi connectivity index (χ3v) is 5.03. The number of benzene rings is 1. The molecule has 23 heavy (non-hydrogen) atoms. The van der Waals surface area contributed by atoms with E-state index in [4.69, 9.17) is 0 Å². The Bertz CT molecular complexity index is 659. The third-order valence-electron chi connectivity index (χ3n) is 4.15. The van der Waals surface area contributed by atoms with Gasteiger partial charge in [-0.05, 0) is 31.7 Å². The molecule has 0 spiro atoms. The maximum atomic E-state index is 12.5. The van der Waals surface area contributed by atoms with Crippen molar-refractivity contribution in [3.05, 3.63) is 47.0 Å². The lowest BCUT2D eigenvalue weighted by molar-refractivity contribution is 0.130. The molecule has 2 aromatic rings. The Labute approximate surface area is 140 Å². The van der Waals surface area contributed by atoms with Crippen LogP contribution in [0.3, 0.4) is 0 Å². The summed E-state index contributed by atoms with van der Waals surface area (Å²) in [5.74, 6) is 0. The molecule has 2 unspecified atom stereocenters. The SMILES string of the molecule is Cc1csc(NC(=O)N2CCCC2CC(O)c2ccccc2)n1. The van der Waals surface area contributed by atoms with E-state index in [1.165, 1.54) is 11.3 Å². The number of aliphatic hydroxyl groups is 1. The molecule has 2 heterocycles. The van der Waals surface area contributed by atoms with Gasteiger partial charge in [-0.2, -0.15) is 0 Å². The number of carbonyl (C=O) groups is 1. The molecular formula is C17H21N3O2S. The summed E-state index contributed by atoms with van der Waals surface area (Å²) in [7, 11) is 0. The van der Waals surface area contributed by atoms with Crippen LogP contribution in [0.25, 0.3) is 0 Å². The summed E-state index contributed by atoms with van der Waals surface area (Å²) in [4.78, 5) is 18.5. The van der Waals surface area contributed by atoms with Crippen molar-refractivity contribution in [1.29, 1.82) is 0 Å². The molecule has 2 atom stereocenters. The van der Waals surface area contributed by atoms with Crippen LogP contribution in [-0.2, 0) is 0 Å². The highest BCUT2D eigenvalue weighted by atomic mass is 32.1. The van der Waals surface area contributed by atoms with Crippen molar-refractivity contribution < 1.29 is 9.90 Å². The van der Waals surface area contributed by atoms with Crippen LogP contribution in [-0.4, -0.2) is 33.6 Å². The molecule has 0 saturated carbocycles. The summed E-state index contributed by atoms with van der Waals surface area (Å²) >= 11 is 1.43. The van der Waals surface area contributed by atoms with Crippen molar-refractivity contribution in [3.8, 4) is 0 Å². The van der Waals surface area contributed by atoms with Gasteiger partial charge < -0.3 is 10.0 Å². The van der Waals surface area contributed by atoms with Crippen LogP contribution in [0.5, 0.6) is 0 Å². The summed E-state index contributed by atoms with van der Waals surface area (Å²) in [6, 6.07) is 9.55. The van der Waals surface area contributed by atoms with Gasteiger partial charge in [-0.1, -0.05) is 30.3 Å². The number of aromatic nitrogens is 1. The van der Waals surface area contributed by atoms with Gasteiger partial charge in [0, 0.05) is 18.0 Å². The number of hydrogen-bond acceptors (Lipinski definition) is 4. The Morgan fingerprint density at radius 1 is 1.48 bits per heavy atom. The molecule has 3 rings (SSSR count). The smallest absolute Gasteiger partial charge is 0.323 e. The molecule has 2 amide bonds. The topological polar surface area (TPSA) is 65.5 Å². The van der Waals surface area contributed by atoms with E-state index in [1.807, 2.05) is 47.5 Å². The van der Waals surface area contributed by atoms with E-state index in [0.29, 0.717) is 11.6 Å². The third kappa shape index (κ3) is 3.89. The second kappa shape index (κ2) is 7.10. The first-order valence-corrected chi connectivity index (χ1v) is 8.74. The van der Waals surface area contributed by atoms with Crippen molar-refractivity contribution in [2.45, 2.75) is 38.3 Å². The van der Waals surface area contributed by atoms with E-state index in [0.717, 1.165) is 30.6 Å². The second-order valence-electron chi connectivity index (χ2n) is 5.88. The fourth-order valence-electron chi connectivity index (χ4n) is 2.99. The Balaban J connectivity index is 1.62. The van der Waals surface area contributed by atoms with E-state index in [-0.39, 0.29) is 12.1 Å². The number of urea groups is 1. The highest BCUT2D eigenvalue weighted by Gasteiger charge is 2.31. The number of aryl methyl sites for hydroxylation is 1. The first kappa shape index (κ1) is 16.0. The standard InChI is InChI=1S/C17H21N3O2S/c1-12-11-23-16(18-12)19-17(22)20-9-5-8-14(20)10-15(21)13-6-3-2-4-7-13/h2-4,6-7,11,14-15,21H,5,8-10H2,1H3,(H,18,19,22). The Hall–Kier alpha value is -1.92. The Kier molecular flexibility index (Phi) is 4.93. The van der Waals surface area contributed by atoms with Gasteiger partial charge in [0.1, 0.15) is 0 Å². The molecule has 5 nitrogen and oxygen atoms in total. The number of nitrogens with one attached hydrogen (secondary N) is 1. The number of carbonyl (C=O) groups excluding carboxylic acids is 1. The molecule has 0 aliphatic carbocycles. The summed E-state index contributed by atoms with van der Waals surface area (Å²) in [5.41, 5.74) is 1.80. The van der Waals surface area contributed by atoms with Gasteiger partial charge in [-0.15, -0.1) is 11.3 Å². The zero-order valence-corrected chi connectivity index (χ0v) is 13.9. The maximum Gasteiger partial charge on any atom is 0.323 e. The molecule has 0 bridgehead atoms. The molecule has 2 N–H and O–H groups in total. The average Bonchev–Trinajstić information content (AvgIpc) is 3.17. The normalized spacial score (nSPS) is 18.9. The number of hydrogen-bond donors (Lipinski definition) is 2. The zero-order valence-electron chi connectivity index (χ0n) is 13.1. The van der Waals surface area contributed by atoms with Crippen molar-refractivity contribution in [1.82, 2.24) is 9.88 Å². The lowest BCUT2D eigenvalue weighted by atomic mass is 10.0. The van der Waals surface area contributed by atoms with Crippen molar-refractivity contribution in [2.75, 3.05) is 11.9 Å². The summed E-state index contributed by atoms with van der Waals surface area (Å²) in [6.45, 7) is 2.63. The van der Waals surface area contributed by atoms with Gasteiger partial charge in [0.05, 0.1) is 11.8 Å². The molecule has 122 valence electrons. The highest BCUT2D eigenvalue weighted by Crippen LogP contribution is 2.28. The molecule has 1 aliphatic rings. The number of aliphatic hydroxyl groups excluding tert-OH is 1. The lowest BCUT2D eigenvalue weighted by Gasteiger charge is -2.26. The minimum absolute atomic E-state index is 0.0614. The minimum Gasteiger partial charge on any atom is -0.388 e. The monoisotopic (exact) mass is 331 g/mol. The van der Waals surface area contributed by atoms with Gasteiger partial charge in [0.2, 0.25) is 0 Å². The molecule has 1 fully saturated rings. The minimum atomic E-state index is -0.545. The molecule has 6 heteroatoms. The van der Waals surface area contributed by atoms with Crippen LogP contribution in [0, 0.1) is 6.92 Å². The molecule has 1 aromatic carbocycles. The van der Waals surface area contributed by atoms with Crippen LogP contribution in [0.4, 0.5) is 9.93 Å². The van der Waals surface area contributed by atoms with Gasteiger partial charge in [-0.25, -0.2) is 9.78 Å². The molecular weight excluding hydrogens is 310 g/mol. The number of thiazole rings is 1. The number of rotatable bonds is 4. The van der Waals surface area contributed by atoms with Crippen LogP contribution in [0.2, 0.25) is 0 Å². The molecule has 1 aliphatic heterocycles. The number of likely N-dealkylation sites (tertiary alicyclic amines) is 1. The summed E-state index contributed by atoms with van der Waals surface area (Å²) < 4.78 is 0. The molecule has 1 aromatic heterocycles. The van der Waals surface area contributed by atoms with Crippen LogP contribution in [0.15, 0.2) is 35.7 Å². The average molecular weight is 331 g/mol. The first-order valence-electron chi connectivity index (χ1n) is 7.86. The predicted molar refractivity (Wildman–Crippen MR) is 91.6 cm³/mol. The number of nitrogens with zero attached hydrogens (tertiary/aromatic N) is 2. The Morgan fingerprint density at radius 3 is 2.96 bits per heavy atom. The quantitative estimate of drug-likeness (QED) is 0.900. The van der Waals surface area contributed by atoms with Gasteiger partial charge in [0.15, 0.2) is 5.13 Å². The zero-order chi connectivity index (χ0) is 16.2. The fraction of sp³-hybridized carbons (Fsp3) is 0.412. The van der Waals surface area contributed by atoms with Gasteiger partial charge in [-0.3, -0.25) is 5.32 Å². The lowest BCUT2D eigenvalue weighted by Crippen LogP contribution is -2.39. The Morgan fingerprint density at radius 2 is 2.26 bits per heavy atom. The predicted octanol–water partition coefficient (Wildman–Crippen LogP) is 3.57. The number of amides is 2. The second-order valence-corrected chi connectivity index (χ2v) is 6.73. The van der Waals surface area contributed by atoms with Crippen LogP contribution in [0.1, 0.15) is 36.6 Å². The van der Waals surface area contributed by atoms with Crippen molar-refractivity contribution in [3.63, 3.8) is 0 Å². The van der Waals surface area contributed by atoms with Gasteiger partial charge >= 0.3 is 6.03 Å². The summed E-state index contributed by atoms with van der Waals surface area (Å²) in [6.07, 6.45) is 1.91. The van der Waals surface area contributed by atoms with E-state index >= 15 is 0 Å². The van der Waals surface area contributed by atoms with Crippen LogP contribution >= 0.6 is 11.3 Å². The number of anilines is 1. The van der Waals surface area contributed by atoms with E-state index in [9.17, 15) is 9.90 Å². The first-order chi connectivity index (χ1) is 11.1. The largest absolute Gasteiger partial charge is 0.388 e. The molecule has 1 saturated heterocycles. The van der Waals surface area contributed by atoms with E-state index in [1.54, 1.807) is 0 Å².